The number of likely N-dealkylation sites (N-methyl/N-ethyl adjacent to an activating group) is 1. The van der Waals surface area contributed by atoms with Crippen molar-refractivity contribution in [2.45, 2.75) is 30.9 Å². The van der Waals surface area contributed by atoms with Gasteiger partial charge in [0.1, 0.15) is 0 Å². The van der Waals surface area contributed by atoms with Crippen LogP contribution in [0, 0.1) is 0 Å². The van der Waals surface area contributed by atoms with Crippen molar-refractivity contribution in [3.8, 4) is 0 Å². The predicted octanol–water partition coefficient (Wildman–Crippen LogP) is 4.38. The van der Waals surface area contributed by atoms with Gasteiger partial charge in [-0.15, -0.1) is 0 Å². The van der Waals surface area contributed by atoms with Gasteiger partial charge in [0, 0.05) is 18.9 Å². The van der Waals surface area contributed by atoms with Gasteiger partial charge < -0.3 is 10.0 Å². The molecule has 0 heterocycles. The third kappa shape index (κ3) is 5.29. The van der Waals surface area contributed by atoms with Crippen molar-refractivity contribution in [2.24, 2.45) is 0 Å². The van der Waals surface area contributed by atoms with Gasteiger partial charge in [-0.25, -0.2) is 0 Å². The van der Waals surface area contributed by atoms with Crippen LogP contribution in [0.15, 0.2) is 91.0 Å². The average Bonchev–Trinajstić information content (AvgIpc) is 2.68. The molecule has 0 saturated carbocycles. The standard InChI is InChI=1S/C25H29NO/c1-26(2)24(18-21-12-6-3-7-13-21)25(27,19-22-14-8-4-9-15-22)20-23-16-10-5-11-17-23/h3-17,24,27H,18-20H2,1-2H3/t24-/m0/s1. The topological polar surface area (TPSA) is 23.5 Å². The maximum atomic E-state index is 12.0. The van der Waals surface area contributed by atoms with E-state index in [1.807, 2.05) is 42.5 Å². The van der Waals surface area contributed by atoms with Gasteiger partial charge in [-0.2, -0.15) is 0 Å². The number of hydrogen-bond donors (Lipinski definition) is 1. The molecular weight excluding hydrogens is 330 g/mol. The van der Waals surface area contributed by atoms with Crippen LogP contribution in [0.4, 0.5) is 0 Å². The fourth-order valence-electron chi connectivity index (χ4n) is 3.89. The molecule has 0 aliphatic carbocycles. The van der Waals surface area contributed by atoms with Gasteiger partial charge >= 0.3 is 0 Å². The van der Waals surface area contributed by atoms with E-state index in [0.717, 1.165) is 17.5 Å². The van der Waals surface area contributed by atoms with Gasteiger partial charge in [0.25, 0.3) is 0 Å². The molecule has 3 rings (SSSR count). The van der Waals surface area contributed by atoms with Gasteiger partial charge in [0.2, 0.25) is 0 Å². The zero-order chi connectivity index (χ0) is 19.1. The Morgan fingerprint density at radius 2 is 1.04 bits per heavy atom. The van der Waals surface area contributed by atoms with Crippen LogP contribution in [0.25, 0.3) is 0 Å². The van der Waals surface area contributed by atoms with Crippen LogP contribution in [0.1, 0.15) is 16.7 Å². The smallest absolute Gasteiger partial charge is 0.0885 e. The van der Waals surface area contributed by atoms with Crippen LogP contribution < -0.4 is 0 Å². The van der Waals surface area contributed by atoms with Crippen LogP contribution in [-0.2, 0) is 19.3 Å². The number of nitrogens with zero attached hydrogens (tertiary/aromatic N) is 1. The summed E-state index contributed by atoms with van der Waals surface area (Å²) in [4.78, 5) is 2.17. The summed E-state index contributed by atoms with van der Waals surface area (Å²) in [5, 5.41) is 12.0. The first-order valence-electron chi connectivity index (χ1n) is 9.57. The summed E-state index contributed by atoms with van der Waals surface area (Å²) in [7, 11) is 4.13. The third-order valence-electron chi connectivity index (χ3n) is 5.22. The Hall–Kier alpha value is -2.42. The lowest BCUT2D eigenvalue weighted by Crippen LogP contribution is -2.54. The summed E-state index contributed by atoms with van der Waals surface area (Å²) < 4.78 is 0. The summed E-state index contributed by atoms with van der Waals surface area (Å²) >= 11 is 0. The molecule has 0 spiro atoms. The van der Waals surface area contributed by atoms with Crippen LogP contribution in [-0.4, -0.2) is 35.7 Å². The molecule has 0 unspecified atom stereocenters. The van der Waals surface area contributed by atoms with E-state index in [0.29, 0.717) is 12.8 Å². The lowest BCUT2D eigenvalue weighted by atomic mass is 9.79. The number of hydrogen-bond acceptors (Lipinski definition) is 2. The number of rotatable bonds is 8. The van der Waals surface area contributed by atoms with Crippen molar-refractivity contribution < 1.29 is 5.11 Å². The van der Waals surface area contributed by atoms with E-state index in [4.69, 9.17) is 0 Å². The third-order valence-corrected chi connectivity index (χ3v) is 5.22. The highest BCUT2D eigenvalue weighted by molar-refractivity contribution is 5.25. The molecule has 3 aromatic carbocycles. The average molecular weight is 360 g/mol. The fourth-order valence-corrected chi connectivity index (χ4v) is 3.89. The van der Waals surface area contributed by atoms with E-state index in [1.54, 1.807) is 0 Å². The van der Waals surface area contributed by atoms with Crippen molar-refractivity contribution in [1.82, 2.24) is 4.90 Å². The minimum atomic E-state index is -0.873. The molecule has 3 aromatic rings. The minimum Gasteiger partial charge on any atom is -0.388 e. The summed E-state index contributed by atoms with van der Waals surface area (Å²) in [5.41, 5.74) is 2.70. The summed E-state index contributed by atoms with van der Waals surface area (Å²) in [6.07, 6.45) is 2.06. The van der Waals surface area contributed by atoms with Gasteiger partial charge in [-0.05, 0) is 37.2 Å². The second-order valence-electron chi connectivity index (χ2n) is 7.60. The van der Waals surface area contributed by atoms with Gasteiger partial charge in [0.15, 0.2) is 0 Å². The van der Waals surface area contributed by atoms with Crippen LogP contribution in [0.5, 0.6) is 0 Å². The Morgan fingerprint density at radius 1 is 0.667 bits per heavy atom. The quantitative estimate of drug-likeness (QED) is 0.645. The Kier molecular flexibility index (Phi) is 6.44. The normalized spacial score (nSPS) is 12.9. The van der Waals surface area contributed by atoms with Crippen molar-refractivity contribution in [1.29, 1.82) is 0 Å². The SMILES string of the molecule is CN(C)[C@@H](Cc1ccccc1)C(O)(Cc1ccccc1)Cc1ccccc1. The largest absolute Gasteiger partial charge is 0.388 e. The molecule has 0 fully saturated rings. The van der Waals surface area contributed by atoms with Gasteiger partial charge in [-0.3, -0.25) is 0 Å². The molecule has 140 valence electrons. The van der Waals surface area contributed by atoms with Gasteiger partial charge in [-0.1, -0.05) is 91.0 Å². The van der Waals surface area contributed by atoms with E-state index in [-0.39, 0.29) is 6.04 Å². The molecule has 0 aliphatic rings. The van der Waals surface area contributed by atoms with E-state index in [9.17, 15) is 5.11 Å². The maximum Gasteiger partial charge on any atom is 0.0885 e. The zero-order valence-electron chi connectivity index (χ0n) is 16.3. The zero-order valence-corrected chi connectivity index (χ0v) is 16.3. The molecule has 0 aliphatic heterocycles. The van der Waals surface area contributed by atoms with E-state index >= 15 is 0 Å². The molecule has 1 atom stereocenters. The molecule has 0 bridgehead atoms. The van der Waals surface area contributed by atoms with Crippen molar-refractivity contribution in [3.05, 3.63) is 108 Å². The molecule has 0 radical (unpaired) electrons. The van der Waals surface area contributed by atoms with Crippen molar-refractivity contribution in [3.63, 3.8) is 0 Å². The van der Waals surface area contributed by atoms with Crippen LogP contribution in [0.2, 0.25) is 0 Å². The highest BCUT2D eigenvalue weighted by Gasteiger charge is 2.38. The molecule has 0 amide bonds. The lowest BCUT2D eigenvalue weighted by molar-refractivity contribution is -0.0329. The van der Waals surface area contributed by atoms with Crippen molar-refractivity contribution >= 4 is 0 Å². The minimum absolute atomic E-state index is 0.000289. The second-order valence-corrected chi connectivity index (χ2v) is 7.60. The van der Waals surface area contributed by atoms with Crippen LogP contribution in [0.3, 0.4) is 0 Å². The maximum absolute atomic E-state index is 12.0. The number of benzene rings is 3. The Bertz CT molecular complexity index is 758. The first kappa shape index (κ1) is 19.3. The summed E-state index contributed by atoms with van der Waals surface area (Å²) in [5.74, 6) is 0. The molecular formula is C25H29NO. The molecule has 2 heteroatoms. The Balaban J connectivity index is 1.94. The molecule has 0 aromatic heterocycles. The Labute approximate surface area is 163 Å². The van der Waals surface area contributed by atoms with Gasteiger partial charge in [0.05, 0.1) is 5.60 Å². The molecule has 1 N–H and O–H groups in total. The summed E-state index contributed by atoms with van der Waals surface area (Å²) in [6.45, 7) is 0. The predicted molar refractivity (Wildman–Crippen MR) is 113 cm³/mol. The Morgan fingerprint density at radius 3 is 1.41 bits per heavy atom. The summed E-state index contributed by atoms with van der Waals surface area (Å²) in [6, 6.07) is 31.1. The van der Waals surface area contributed by atoms with E-state index in [1.165, 1.54) is 5.56 Å². The first-order valence-corrected chi connectivity index (χ1v) is 9.57. The molecule has 0 saturated heterocycles. The monoisotopic (exact) mass is 359 g/mol. The van der Waals surface area contributed by atoms with E-state index in [2.05, 4.69) is 67.5 Å². The second kappa shape index (κ2) is 8.98. The van der Waals surface area contributed by atoms with Crippen LogP contribution >= 0.6 is 0 Å². The molecule has 27 heavy (non-hydrogen) atoms. The highest BCUT2D eigenvalue weighted by atomic mass is 16.3. The first-order chi connectivity index (χ1) is 13.1. The lowest BCUT2D eigenvalue weighted by Gasteiger charge is -2.41. The molecule has 2 nitrogen and oxygen atoms in total. The highest BCUT2D eigenvalue weighted by Crippen LogP contribution is 2.28. The van der Waals surface area contributed by atoms with Crippen molar-refractivity contribution in [2.75, 3.05) is 14.1 Å². The fraction of sp³-hybridized carbons (Fsp3) is 0.280. The number of aliphatic hydroxyl groups is 1. The van der Waals surface area contributed by atoms with E-state index < -0.39 is 5.60 Å².